The quantitative estimate of drug-likeness (QED) is 0.739. The predicted molar refractivity (Wildman–Crippen MR) is 71.9 cm³/mol. The van der Waals surface area contributed by atoms with Gasteiger partial charge in [0.1, 0.15) is 5.82 Å². The highest BCUT2D eigenvalue weighted by molar-refractivity contribution is 7.08. The first-order valence-electron chi connectivity index (χ1n) is 5.76. The lowest BCUT2D eigenvalue weighted by atomic mass is 10.2. The van der Waals surface area contributed by atoms with Crippen molar-refractivity contribution in [2.45, 2.75) is 6.18 Å². The standard InChI is InChI=1S/C12H8F3N5S/c13-12(14,15)10-18-11(21-19-10)20-6-5-17-9(20)7-1-3-8(16)4-2-7/h1-6H,16H2. The van der Waals surface area contributed by atoms with Gasteiger partial charge in [0.15, 0.2) is 0 Å². The van der Waals surface area contributed by atoms with Gasteiger partial charge in [-0.2, -0.15) is 22.5 Å². The number of aromatic nitrogens is 4. The van der Waals surface area contributed by atoms with Crippen LogP contribution >= 0.6 is 11.5 Å². The molecule has 0 fully saturated rings. The van der Waals surface area contributed by atoms with Crippen molar-refractivity contribution >= 4 is 17.2 Å². The summed E-state index contributed by atoms with van der Waals surface area (Å²) in [7, 11) is 0. The lowest BCUT2D eigenvalue weighted by Gasteiger charge is -2.04. The molecular weight excluding hydrogens is 303 g/mol. The summed E-state index contributed by atoms with van der Waals surface area (Å²) in [6, 6.07) is 6.85. The molecule has 0 saturated heterocycles. The zero-order chi connectivity index (χ0) is 15.0. The molecule has 0 amide bonds. The van der Waals surface area contributed by atoms with Crippen molar-refractivity contribution in [2.75, 3.05) is 5.73 Å². The minimum Gasteiger partial charge on any atom is -0.399 e. The summed E-state index contributed by atoms with van der Waals surface area (Å²) < 4.78 is 42.4. The maximum atomic E-state index is 12.6. The lowest BCUT2D eigenvalue weighted by molar-refractivity contribution is -0.144. The molecule has 0 atom stereocenters. The molecule has 0 aliphatic heterocycles. The van der Waals surface area contributed by atoms with Crippen LogP contribution in [0.25, 0.3) is 16.5 Å². The van der Waals surface area contributed by atoms with Crippen LogP contribution in [0, 0.1) is 0 Å². The van der Waals surface area contributed by atoms with E-state index in [2.05, 4.69) is 14.3 Å². The van der Waals surface area contributed by atoms with Crippen molar-refractivity contribution in [3.63, 3.8) is 0 Å². The average molecular weight is 311 g/mol. The van der Waals surface area contributed by atoms with E-state index in [1.165, 1.54) is 17.0 Å². The van der Waals surface area contributed by atoms with E-state index >= 15 is 0 Å². The van der Waals surface area contributed by atoms with Gasteiger partial charge in [-0.15, -0.1) is 0 Å². The molecule has 0 spiro atoms. The van der Waals surface area contributed by atoms with Gasteiger partial charge in [0.05, 0.1) is 0 Å². The van der Waals surface area contributed by atoms with Crippen molar-refractivity contribution in [1.29, 1.82) is 0 Å². The van der Waals surface area contributed by atoms with Gasteiger partial charge in [-0.05, 0) is 24.3 Å². The molecule has 5 nitrogen and oxygen atoms in total. The minimum absolute atomic E-state index is 0.103. The minimum atomic E-state index is -4.56. The van der Waals surface area contributed by atoms with Gasteiger partial charge in [0.25, 0.3) is 0 Å². The van der Waals surface area contributed by atoms with E-state index in [0.29, 0.717) is 23.0 Å². The summed E-state index contributed by atoms with van der Waals surface area (Å²) in [5.41, 5.74) is 6.92. The number of anilines is 1. The monoisotopic (exact) mass is 311 g/mol. The molecule has 2 N–H and O–H groups in total. The molecule has 9 heteroatoms. The highest BCUT2D eigenvalue weighted by Gasteiger charge is 2.36. The Morgan fingerprint density at radius 2 is 1.86 bits per heavy atom. The number of imidazole rings is 1. The lowest BCUT2D eigenvalue weighted by Crippen LogP contribution is -2.07. The van der Waals surface area contributed by atoms with E-state index in [-0.39, 0.29) is 5.13 Å². The summed E-state index contributed by atoms with van der Waals surface area (Å²) in [5, 5.41) is 0.103. The van der Waals surface area contributed by atoms with Gasteiger partial charge >= 0.3 is 6.18 Å². The van der Waals surface area contributed by atoms with Crippen LogP contribution < -0.4 is 5.73 Å². The third-order valence-electron chi connectivity index (χ3n) is 2.68. The maximum Gasteiger partial charge on any atom is 0.452 e. The highest BCUT2D eigenvalue weighted by Crippen LogP contribution is 2.30. The third-order valence-corrected chi connectivity index (χ3v) is 3.40. The Bertz CT molecular complexity index is 760. The zero-order valence-electron chi connectivity index (χ0n) is 10.4. The summed E-state index contributed by atoms with van der Waals surface area (Å²) in [6.45, 7) is 0. The summed E-state index contributed by atoms with van der Waals surface area (Å²) in [6.07, 6.45) is -1.54. The molecule has 2 aromatic heterocycles. The number of hydrogen-bond acceptors (Lipinski definition) is 5. The van der Waals surface area contributed by atoms with E-state index in [1.807, 2.05) is 0 Å². The third kappa shape index (κ3) is 2.59. The fraction of sp³-hybridized carbons (Fsp3) is 0.0833. The molecule has 0 aliphatic rings. The molecule has 0 aliphatic carbocycles. The second-order valence-corrected chi connectivity index (χ2v) is 4.87. The molecule has 2 heterocycles. The molecule has 3 aromatic rings. The molecule has 0 unspecified atom stereocenters. The summed E-state index contributed by atoms with van der Waals surface area (Å²) in [5.74, 6) is -0.681. The van der Waals surface area contributed by atoms with E-state index in [1.54, 1.807) is 24.3 Å². The van der Waals surface area contributed by atoms with Crippen molar-refractivity contribution in [2.24, 2.45) is 0 Å². The molecule has 1 aromatic carbocycles. The van der Waals surface area contributed by atoms with Crippen LogP contribution in [0.3, 0.4) is 0 Å². The molecule has 21 heavy (non-hydrogen) atoms. The molecule has 108 valence electrons. The van der Waals surface area contributed by atoms with Crippen LogP contribution in [0.2, 0.25) is 0 Å². The predicted octanol–water partition coefficient (Wildman–Crippen LogP) is 2.99. The van der Waals surface area contributed by atoms with Crippen LogP contribution in [0.4, 0.5) is 18.9 Å². The topological polar surface area (TPSA) is 69.6 Å². The van der Waals surface area contributed by atoms with Gasteiger partial charge in [0, 0.05) is 35.2 Å². The largest absolute Gasteiger partial charge is 0.452 e. The Morgan fingerprint density at radius 1 is 1.14 bits per heavy atom. The van der Waals surface area contributed by atoms with Gasteiger partial charge in [-0.3, -0.25) is 4.57 Å². The molecule has 0 radical (unpaired) electrons. The molecule has 3 rings (SSSR count). The second-order valence-electron chi connectivity index (χ2n) is 4.14. The van der Waals surface area contributed by atoms with Crippen LogP contribution in [-0.4, -0.2) is 18.9 Å². The Hall–Kier alpha value is -2.42. The first-order valence-corrected chi connectivity index (χ1v) is 6.53. The normalized spacial score (nSPS) is 11.8. The number of rotatable bonds is 2. The van der Waals surface area contributed by atoms with Gasteiger partial charge in [-0.1, -0.05) is 0 Å². The number of nitrogens with zero attached hydrogens (tertiary/aromatic N) is 4. The van der Waals surface area contributed by atoms with E-state index < -0.39 is 12.0 Å². The van der Waals surface area contributed by atoms with Crippen molar-refractivity contribution in [3.8, 4) is 16.5 Å². The number of alkyl halides is 3. The summed E-state index contributed by atoms with van der Waals surface area (Å²) in [4.78, 5) is 7.65. The Labute approximate surface area is 121 Å². The molecule has 0 bridgehead atoms. The fourth-order valence-electron chi connectivity index (χ4n) is 1.73. The Kier molecular flexibility index (Phi) is 3.13. The van der Waals surface area contributed by atoms with Crippen molar-refractivity contribution in [1.82, 2.24) is 18.9 Å². The van der Waals surface area contributed by atoms with Gasteiger partial charge < -0.3 is 5.73 Å². The molecule has 0 saturated carbocycles. The fourth-order valence-corrected chi connectivity index (χ4v) is 2.41. The van der Waals surface area contributed by atoms with Crippen LogP contribution in [0.15, 0.2) is 36.7 Å². The number of benzene rings is 1. The second kappa shape index (κ2) is 4.85. The van der Waals surface area contributed by atoms with Crippen LogP contribution in [0.1, 0.15) is 5.82 Å². The van der Waals surface area contributed by atoms with E-state index in [9.17, 15) is 13.2 Å². The Morgan fingerprint density at radius 3 is 2.48 bits per heavy atom. The van der Waals surface area contributed by atoms with Crippen molar-refractivity contribution in [3.05, 3.63) is 42.5 Å². The highest BCUT2D eigenvalue weighted by atomic mass is 32.1. The van der Waals surface area contributed by atoms with Gasteiger partial charge in [0.2, 0.25) is 11.0 Å². The Balaban J connectivity index is 2.03. The SMILES string of the molecule is Nc1ccc(-c2nccn2-c2nc(C(F)(F)F)ns2)cc1. The van der Waals surface area contributed by atoms with Crippen LogP contribution in [-0.2, 0) is 6.18 Å². The van der Waals surface area contributed by atoms with Crippen LogP contribution in [0.5, 0.6) is 0 Å². The number of nitrogen functional groups attached to an aromatic ring is 1. The zero-order valence-corrected chi connectivity index (χ0v) is 11.2. The maximum absolute atomic E-state index is 12.6. The molecular formula is C12H8F3N5S. The van der Waals surface area contributed by atoms with E-state index in [4.69, 9.17) is 5.73 Å². The summed E-state index contributed by atoms with van der Waals surface area (Å²) >= 11 is 0.663. The van der Waals surface area contributed by atoms with Crippen molar-refractivity contribution < 1.29 is 13.2 Å². The average Bonchev–Trinajstić information content (AvgIpc) is 3.07. The van der Waals surface area contributed by atoms with Gasteiger partial charge in [-0.25, -0.2) is 4.98 Å². The number of nitrogens with two attached hydrogens (primary N) is 1. The number of hydrogen-bond donors (Lipinski definition) is 1. The first-order chi connectivity index (χ1) is 9.95. The van der Waals surface area contributed by atoms with E-state index in [0.717, 1.165) is 5.56 Å². The number of halogens is 3. The smallest absolute Gasteiger partial charge is 0.399 e. The first kappa shape index (κ1) is 13.6.